The molecule has 1 N–H and O–H groups in total. The number of carboxylic acid groups (broad SMARTS) is 1. The molecule has 0 saturated carbocycles. The molecule has 4 aromatic rings. The largest absolute Gasteiger partial charge is 0.493 e. The van der Waals surface area contributed by atoms with Gasteiger partial charge >= 0.3 is 5.97 Å². The molecular formula is C27H27NO5S. The van der Waals surface area contributed by atoms with Crippen LogP contribution in [0.3, 0.4) is 0 Å². The Hall–Kier alpha value is -3.58. The van der Waals surface area contributed by atoms with Crippen LogP contribution in [0, 0.1) is 13.8 Å². The van der Waals surface area contributed by atoms with Crippen LogP contribution in [0.25, 0.3) is 10.8 Å². The van der Waals surface area contributed by atoms with Gasteiger partial charge in [-0.3, -0.25) is 0 Å². The summed E-state index contributed by atoms with van der Waals surface area (Å²) < 4.78 is 17.5. The summed E-state index contributed by atoms with van der Waals surface area (Å²) in [5, 5.41) is 11.8. The number of carbonyl (C=O) groups is 1. The van der Waals surface area contributed by atoms with E-state index in [1.165, 1.54) is 0 Å². The summed E-state index contributed by atoms with van der Waals surface area (Å²) in [4.78, 5) is 17.6. The minimum absolute atomic E-state index is 0.222. The Morgan fingerprint density at radius 2 is 1.76 bits per heavy atom. The first-order valence-corrected chi connectivity index (χ1v) is 11.9. The van der Waals surface area contributed by atoms with Crippen LogP contribution in [0.15, 0.2) is 70.5 Å². The van der Waals surface area contributed by atoms with E-state index in [-0.39, 0.29) is 6.42 Å². The number of ether oxygens (including phenoxy) is 2. The van der Waals surface area contributed by atoms with E-state index in [9.17, 15) is 9.90 Å². The third kappa shape index (κ3) is 5.66. The predicted octanol–water partition coefficient (Wildman–Crippen LogP) is 6.11. The molecule has 2 aromatic carbocycles. The summed E-state index contributed by atoms with van der Waals surface area (Å²) in [5.74, 6) is 1.66. The van der Waals surface area contributed by atoms with E-state index in [0.717, 1.165) is 27.5 Å². The van der Waals surface area contributed by atoms with Crippen LogP contribution < -0.4 is 9.47 Å². The van der Waals surface area contributed by atoms with Crippen LogP contribution in [0.2, 0.25) is 0 Å². The molecule has 176 valence electrons. The number of aromatic nitrogens is 1. The van der Waals surface area contributed by atoms with Crippen LogP contribution in [0.4, 0.5) is 0 Å². The molecule has 34 heavy (non-hydrogen) atoms. The first-order chi connectivity index (χ1) is 16.3. The van der Waals surface area contributed by atoms with E-state index >= 15 is 0 Å². The Bertz CT molecular complexity index is 1230. The number of aliphatic carboxylic acids is 1. The van der Waals surface area contributed by atoms with Crippen molar-refractivity contribution in [3.63, 3.8) is 0 Å². The Kier molecular flexibility index (Phi) is 7.03. The lowest BCUT2D eigenvalue weighted by molar-refractivity contribution is -0.153. The van der Waals surface area contributed by atoms with Crippen molar-refractivity contribution in [2.45, 2.75) is 39.2 Å². The van der Waals surface area contributed by atoms with E-state index in [2.05, 4.69) is 4.98 Å². The number of carboxylic acids is 1. The normalized spacial score (nSPS) is 12.8. The zero-order chi connectivity index (χ0) is 24.1. The molecular weight excluding hydrogens is 450 g/mol. The molecule has 0 unspecified atom stereocenters. The summed E-state index contributed by atoms with van der Waals surface area (Å²) in [6.07, 6.45) is 0.851. The fraction of sp³-hybridized carbons (Fsp3) is 0.259. The second-order valence-electron chi connectivity index (χ2n) is 8.37. The van der Waals surface area contributed by atoms with Gasteiger partial charge in [0.25, 0.3) is 0 Å². The lowest BCUT2D eigenvalue weighted by atomic mass is 9.96. The number of rotatable bonds is 10. The summed E-state index contributed by atoms with van der Waals surface area (Å²) in [6.45, 7) is 5.93. The van der Waals surface area contributed by atoms with Crippen molar-refractivity contribution in [2.24, 2.45) is 0 Å². The molecule has 0 amide bonds. The highest BCUT2D eigenvalue weighted by Crippen LogP contribution is 2.27. The Morgan fingerprint density at radius 3 is 2.41 bits per heavy atom. The molecule has 2 heterocycles. The van der Waals surface area contributed by atoms with Crippen molar-refractivity contribution in [1.82, 2.24) is 4.98 Å². The van der Waals surface area contributed by atoms with Gasteiger partial charge in [-0.05, 0) is 62.0 Å². The molecule has 0 fully saturated rings. The highest BCUT2D eigenvalue weighted by molar-refractivity contribution is 7.13. The summed E-state index contributed by atoms with van der Waals surface area (Å²) in [6, 6.07) is 18.7. The van der Waals surface area contributed by atoms with E-state index in [1.807, 2.05) is 67.8 Å². The Balaban J connectivity index is 1.34. The van der Waals surface area contributed by atoms with Gasteiger partial charge in [0, 0.05) is 12.8 Å². The van der Waals surface area contributed by atoms with Crippen molar-refractivity contribution in [3.8, 4) is 22.3 Å². The van der Waals surface area contributed by atoms with Gasteiger partial charge in [-0.2, -0.15) is 0 Å². The molecule has 0 aliphatic heterocycles. The highest BCUT2D eigenvalue weighted by Gasteiger charge is 2.36. The van der Waals surface area contributed by atoms with Gasteiger partial charge in [0.2, 0.25) is 11.5 Å². The van der Waals surface area contributed by atoms with Gasteiger partial charge in [0.15, 0.2) is 0 Å². The fourth-order valence-corrected chi connectivity index (χ4v) is 4.19. The molecule has 0 spiro atoms. The predicted molar refractivity (Wildman–Crippen MR) is 132 cm³/mol. The lowest BCUT2D eigenvalue weighted by Crippen LogP contribution is -2.43. The standard InChI is InChI=1S/C27H27NO5S/c1-18-6-10-22(11-7-18)33-27(3,26(29)30)17-20-8-12-21(13-9-20)31-15-14-23-19(2)32-25(28-23)24-5-4-16-34-24/h4-13,16H,14-15,17H2,1-3H3,(H,29,30)/t27-/m0/s1. The average molecular weight is 478 g/mol. The van der Waals surface area contributed by atoms with Gasteiger partial charge in [-0.15, -0.1) is 11.3 Å². The van der Waals surface area contributed by atoms with Crippen LogP contribution in [-0.4, -0.2) is 28.3 Å². The molecule has 6 nitrogen and oxygen atoms in total. The number of benzene rings is 2. The number of hydrogen-bond acceptors (Lipinski definition) is 6. The number of nitrogens with zero attached hydrogens (tertiary/aromatic N) is 1. The fourth-order valence-electron chi connectivity index (χ4n) is 3.55. The van der Waals surface area contributed by atoms with Crippen LogP contribution in [0.5, 0.6) is 11.5 Å². The van der Waals surface area contributed by atoms with E-state index in [1.54, 1.807) is 30.4 Å². The highest BCUT2D eigenvalue weighted by atomic mass is 32.1. The van der Waals surface area contributed by atoms with Crippen molar-refractivity contribution < 1.29 is 23.8 Å². The molecule has 4 rings (SSSR count). The molecule has 0 bridgehead atoms. The second-order valence-corrected chi connectivity index (χ2v) is 9.32. The zero-order valence-corrected chi connectivity index (χ0v) is 20.2. The van der Waals surface area contributed by atoms with Crippen molar-refractivity contribution in [2.75, 3.05) is 6.61 Å². The average Bonchev–Trinajstić information content (AvgIpc) is 3.47. The van der Waals surface area contributed by atoms with Gasteiger partial charge in [0.05, 0.1) is 17.2 Å². The Labute approximate surface area is 202 Å². The third-order valence-electron chi connectivity index (χ3n) is 5.51. The third-order valence-corrected chi connectivity index (χ3v) is 6.37. The van der Waals surface area contributed by atoms with Gasteiger partial charge < -0.3 is 19.0 Å². The van der Waals surface area contributed by atoms with Crippen molar-refractivity contribution in [3.05, 3.63) is 88.6 Å². The van der Waals surface area contributed by atoms with E-state index in [4.69, 9.17) is 13.9 Å². The molecule has 0 saturated heterocycles. The minimum atomic E-state index is -1.39. The zero-order valence-electron chi connectivity index (χ0n) is 19.4. The molecule has 2 aromatic heterocycles. The second kappa shape index (κ2) is 10.1. The summed E-state index contributed by atoms with van der Waals surface area (Å²) in [7, 11) is 0. The monoisotopic (exact) mass is 477 g/mol. The maximum Gasteiger partial charge on any atom is 0.348 e. The maximum absolute atomic E-state index is 12.0. The van der Waals surface area contributed by atoms with Gasteiger partial charge in [-0.1, -0.05) is 35.9 Å². The van der Waals surface area contributed by atoms with Crippen LogP contribution in [0.1, 0.15) is 29.5 Å². The number of oxazole rings is 1. The first-order valence-electron chi connectivity index (χ1n) is 11.0. The topological polar surface area (TPSA) is 81.8 Å². The first kappa shape index (κ1) is 23.6. The quantitative estimate of drug-likeness (QED) is 0.297. The SMILES string of the molecule is Cc1ccc(O[C@@](C)(Cc2ccc(OCCc3nc(-c4cccs4)oc3C)cc2)C(=O)O)cc1. The van der Waals surface area contributed by atoms with Crippen LogP contribution >= 0.6 is 11.3 Å². The van der Waals surface area contributed by atoms with E-state index < -0.39 is 11.6 Å². The van der Waals surface area contributed by atoms with Crippen molar-refractivity contribution >= 4 is 17.3 Å². The number of thiophene rings is 1. The van der Waals surface area contributed by atoms with Gasteiger partial charge in [-0.25, -0.2) is 9.78 Å². The molecule has 0 aliphatic carbocycles. The minimum Gasteiger partial charge on any atom is -0.493 e. The number of aryl methyl sites for hydroxylation is 2. The summed E-state index contributed by atoms with van der Waals surface area (Å²) >= 11 is 1.59. The lowest BCUT2D eigenvalue weighted by Gasteiger charge is -2.26. The van der Waals surface area contributed by atoms with Gasteiger partial charge in [0.1, 0.15) is 17.3 Å². The van der Waals surface area contributed by atoms with Crippen LogP contribution in [-0.2, 0) is 17.6 Å². The molecule has 1 atom stereocenters. The van der Waals surface area contributed by atoms with Crippen molar-refractivity contribution in [1.29, 1.82) is 0 Å². The van der Waals surface area contributed by atoms with E-state index in [0.29, 0.717) is 30.4 Å². The maximum atomic E-state index is 12.0. The molecule has 0 aliphatic rings. The molecule has 7 heteroatoms. The number of hydrogen-bond donors (Lipinski definition) is 1. The molecule has 0 radical (unpaired) electrons. The summed E-state index contributed by atoms with van der Waals surface area (Å²) in [5.41, 5.74) is 1.42. The smallest absolute Gasteiger partial charge is 0.348 e. The Morgan fingerprint density at radius 1 is 1.06 bits per heavy atom.